The molecule has 0 atom stereocenters. The van der Waals surface area contributed by atoms with E-state index >= 15 is 0 Å². The highest BCUT2D eigenvalue weighted by Gasteiger charge is 2.16. The Balaban J connectivity index is 1.98. The molecule has 2 amide bonds. The van der Waals surface area contributed by atoms with Crippen LogP contribution in [-0.4, -0.2) is 17.6 Å². The van der Waals surface area contributed by atoms with E-state index in [-0.39, 0.29) is 11.2 Å². The van der Waals surface area contributed by atoms with Crippen molar-refractivity contribution in [1.29, 1.82) is 0 Å². The third-order valence-electron chi connectivity index (χ3n) is 3.76. The first-order valence-corrected chi connectivity index (χ1v) is 8.01. The number of rotatable bonds is 3. The van der Waals surface area contributed by atoms with Crippen molar-refractivity contribution in [2.75, 3.05) is 10.6 Å². The molecule has 0 saturated heterocycles. The lowest BCUT2D eigenvalue weighted by Crippen LogP contribution is -2.29. The van der Waals surface area contributed by atoms with Gasteiger partial charge in [0.15, 0.2) is 5.78 Å². The maximum atomic E-state index is 12.0. The summed E-state index contributed by atoms with van der Waals surface area (Å²) in [5.74, 6) is -1.58. The molecule has 5 nitrogen and oxygen atoms in total. The molecule has 2 aromatic rings. The van der Waals surface area contributed by atoms with Crippen LogP contribution in [0.2, 0.25) is 0 Å². The molecular weight excluding hydrogens is 316 g/mol. The maximum absolute atomic E-state index is 12.0. The summed E-state index contributed by atoms with van der Waals surface area (Å²) in [6.07, 6.45) is 0. The Labute approximate surface area is 147 Å². The van der Waals surface area contributed by atoms with Gasteiger partial charge in [-0.25, -0.2) is 0 Å². The Bertz CT molecular complexity index is 785. The molecule has 2 aromatic carbocycles. The zero-order chi connectivity index (χ0) is 18.6. The highest BCUT2D eigenvalue weighted by atomic mass is 16.2. The summed E-state index contributed by atoms with van der Waals surface area (Å²) in [7, 11) is 0. The van der Waals surface area contributed by atoms with Gasteiger partial charge >= 0.3 is 11.8 Å². The van der Waals surface area contributed by atoms with Crippen LogP contribution >= 0.6 is 0 Å². The second-order valence-electron chi connectivity index (χ2n) is 6.87. The molecule has 0 aliphatic carbocycles. The van der Waals surface area contributed by atoms with Gasteiger partial charge in [0.25, 0.3) is 0 Å². The molecular formula is C20H22N2O3. The van der Waals surface area contributed by atoms with E-state index in [1.807, 2.05) is 12.1 Å². The number of amides is 2. The van der Waals surface area contributed by atoms with Crippen LogP contribution in [-0.2, 0) is 15.0 Å². The van der Waals surface area contributed by atoms with Crippen molar-refractivity contribution in [2.24, 2.45) is 0 Å². The molecule has 0 spiro atoms. The lowest BCUT2D eigenvalue weighted by molar-refractivity contribution is -0.132. The predicted molar refractivity (Wildman–Crippen MR) is 98.8 cm³/mol. The molecule has 0 unspecified atom stereocenters. The topological polar surface area (TPSA) is 75.3 Å². The van der Waals surface area contributed by atoms with Gasteiger partial charge in [-0.1, -0.05) is 32.9 Å². The standard InChI is InChI=1S/C20H22N2O3/c1-13(23)14-5-9-16(10-6-14)21-18(24)19(25)22-17-11-7-15(8-12-17)20(2,3)4/h5-12H,1-4H3,(H,21,24)(H,22,25). The van der Waals surface area contributed by atoms with Gasteiger partial charge in [-0.3, -0.25) is 14.4 Å². The van der Waals surface area contributed by atoms with E-state index in [4.69, 9.17) is 0 Å². The molecule has 5 heteroatoms. The highest BCUT2D eigenvalue weighted by molar-refractivity contribution is 6.43. The number of nitrogens with one attached hydrogen (secondary N) is 2. The predicted octanol–water partition coefficient (Wildman–Crippen LogP) is 3.76. The van der Waals surface area contributed by atoms with Gasteiger partial charge in [0, 0.05) is 16.9 Å². The Kier molecular flexibility index (Phi) is 5.37. The summed E-state index contributed by atoms with van der Waals surface area (Å²) in [5.41, 5.74) is 2.71. The summed E-state index contributed by atoms with van der Waals surface area (Å²) in [5, 5.41) is 5.07. The normalized spacial score (nSPS) is 10.9. The number of benzene rings is 2. The summed E-state index contributed by atoms with van der Waals surface area (Å²) >= 11 is 0. The van der Waals surface area contributed by atoms with Crippen LogP contribution in [0.5, 0.6) is 0 Å². The zero-order valence-corrected chi connectivity index (χ0v) is 14.8. The molecule has 0 aliphatic rings. The molecule has 0 saturated carbocycles. The quantitative estimate of drug-likeness (QED) is 0.661. The van der Waals surface area contributed by atoms with Gasteiger partial charge in [-0.15, -0.1) is 0 Å². The fourth-order valence-electron chi connectivity index (χ4n) is 2.22. The van der Waals surface area contributed by atoms with Gasteiger partial charge in [-0.2, -0.15) is 0 Å². The molecule has 25 heavy (non-hydrogen) atoms. The molecule has 0 radical (unpaired) electrons. The number of carbonyl (C=O) groups is 3. The van der Waals surface area contributed by atoms with E-state index in [0.29, 0.717) is 16.9 Å². The second-order valence-corrected chi connectivity index (χ2v) is 6.87. The van der Waals surface area contributed by atoms with Gasteiger partial charge in [-0.05, 0) is 54.3 Å². The highest BCUT2D eigenvalue weighted by Crippen LogP contribution is 2.23. The number of hydrogen-bond donors (Lipinski definition) is 2. The minimum atomic E-state index is -0.768. The summed E-state index contributed by atoms with van der Waals surface area (Å²) < 4.78 is 0. The third kappa shape index (κ3) is 5.01. The van der Waals surface area contributed by atoms with E-state index < -0.39 is 11.8 Å². The molecule has 0 heterocycles. The molecule has 0 aromatic heterocycles. The Morgan fingerprint density at radius 1 is 0.720 bits per heavy atom. The summed E-state index contributed by atoms with van der Waals surface area (Å²) in [6.45, 7) is 7.77. The van der Waals surface area contributed by atoms with E-state index in [1.165, 1.54) is 6.92 Å². The van der Waals surface area contributed by atoms with Gasteiger partial charge < -0.3 is 10.6 Å². The molecule has 0 bridgehead atoms. The van der Waals surface area contributed by atoms with Crippen molar-refractivity contribution < 1.29 is 14.4 Å². The summed E-state index contributed by atoms with van der Waals surface area (Å²) in [6, 6.07) is 13.8. The number of anilines is 2. The smallest absolute Gasteiger partial charge is 0.314 e. The third-order valence-corrected chi connectivity index (χ3v) is 3.76. The molecule has 130 valence electrons. The van der Waals surface area contributed by atoms with Crippen LogP contribution < -0.4 is 10.6 Å². The van der Waals surface area contributed by atoms with E-state index in [0.717, 1.165) is 5.56 Å². The number of Topliss-reactive ketones (excluding diaryl/α,β-unsaturated/α-hetero) is 1. The Morgan fingerprint density at radius 2 is 1.12 bits per heavy atom. The fourth-order valence-corrected chi connectivity index (χ4v) is 2.22. The molecule has 0 fully saturated rings. The lowest BCUT2D eigenvalue weighted by atomic mass is 9.87. The number of ketones is 1. The van der Waals surface area contributed by atoms with E-state index in [9.17, 15) is 14.4 Å². The molecule has 0 aliphatic heterocycles. The first kappa shape index (κ1) is 18.4. The monoisotopic (exact) mass is 338 g/mol. The van der Waals surface area contributed by atoms with Crippen LogP contribution in [0.3, 0.4) is 0 Å². The largest absolute Gasteiger partial charge is 0.318 e. The van der Waals surface area contributed by atoms with Crippen molar-refractivity contribution in [3.05, 3.63) is 59.7 Å². The molecule has 2 rings (SSSR count). The maximum Gasteiger partial charge on any atom is 0.314 e. The van der Waals surface area contributed by atoms with Crippen LogP contribution in [0.15, 0.2) is 48.5 Å². The van der Waals surface area contributed by atoms with Crippen molar-refractivity contribution >= 4 is 29.0 Å². The van der Waals surface area contributed by atoms with Crippen LogP contribution in [0, 0.1) is 0 Å². The number of hydrogen-bond acceptors (Lipinski definition) is 3. The minimum absolute atomic E-state index is 0.0198. The first-order chi connectivity index (χ1) is 11.7. The van der Waals surface area contributed by atoms with Crippen molar-refractivity contribution in [1.82, 2.24) is 0 Å². The summed E-state index contributed by atoms with van der Waals surface area (Å²) in [4.78, 5) is 35.2. The Hall–Kier alpha value is -2.95. The van der Waals surface area contributed by atoms with Gasteiger partial charge in [0.05, 0.1) is 0 Å². The Morgan fingerprint density at radius 3 is 1.48 bits per heavy atom. The lowest BCUT2D eigenvalue weighted by Gasteiger charge is -2.19. The SMILES string of the molecule is CC(=O)c1ccc(NC(=O)C(=O)Nc2ccc(C(C)(C)C)cc2)cc1. The fraction of sp³-hybridized carbons (Fsp3) is 0.250. The van der Waals surface area contributed by atoms with Crippen molar-refractivity contribution in [3.63, 3.8) is 0 Å². The van der Waals surface area contributed by atoms with Crippen LogP contribution in [0.1, 0.15) is 43.6 Å². The van der Waals surface area contributed by atoms with E-state index in [2.05, 4.69) is 31.4 Å². The van der Waals surface area contributed by atoms with Crippen molar-refractivity contribution in [3.8, 4) is 0 Å². The number of carbonyl (C=O) groups excluding carboxylic acids is 3. The molecule has 2 N–H and O–H groups in total. The van der Waals surface area contributed by atoms with Crippen LogP contribution in [0.25, 0.3) is 0 Å². The average Bonchev–Trinajstić information content (AvgIpc) is 2.55. The average molecular weight is 338 g/mol. The van der Waals surface area contributed by atoms with Gasteiger partial charge in [0.1, 0.15) is 0 Å². The zero-order valence-electron chi connectivity index (χ0n) is 14.8. The van der Waals surface area contributed by atoms with Crippen LogP contribution in [0.4, 0.5) is 11.4 Å². The van der Waals surface area contributed by atoms with Gasteiger partial charge in [0.2, 0.25) is 0 Å². The minimum Gasteiger partial charge on any atom is -0.318 e. The van der Waals surface area contributed by atoms with E-state index in [1.54, 1.807) is 36.4 Å². The van der Waals surface area contributed by atoms with Crippen molar-refractivity contribution in [2.45, 2.75) is 33.1 Å². The second kappa shape index (κ2) is 7.30. The first-order valence-electron chi connectivity index (χ1n) is 8.01.